The molecule has 6 rings (SSSR count). The molecule has 3 heterocycles. The van der Waals surface area contributed by atoms with Crippen LogP contribution in [0.5, 0.6) is 5.75 Å². The van der Waals surface area contributed by atoms with Crippen molar-refractivity contribution in [3.63, 3.8) is 0 Å². The maximum atomic E-state index is 14.9. The van der Waals surface area contributed by atoms with Crippen molar-refractivity contribution in [2.24, 2.45) is 11.7 Å². The first-order chi connectivity index (χ1) is 33.8. The number of hydrogen-bond acceptors (Lipinski definition) is 11. The van der Waals surface area contributed by atoms with Crippen molar-refractivity contribution in [3.8, 4) is 5.75 Å². The number of carboxylic acids is 1. The summed E-state index contributed by atoms with van der Waals surface area (Å²) in [6.07, 6.45) is 3.53. The van der Waals surface area contributed by atoms with Gasteiger partial charge in [-0.15, -0.1) is 0 Å². The van der Waals surface area contributed by atoms with E-state index in [0.717, 1.165) is 15.8 Å². The smallest absolute Gasteiger partial charge is 0.446 e. The summed E-state index contributed by atoms with van der Waals surface area (Å²) >= 11 is 0. The number of benzene rings is 3. The molecule has 21 nitrogen and oxygen atoms in total. The van der Waals surface area contributed by atoms with E-state index in [4.69, 9.17) is 10.3 Å². The molecule has 7 amide bonds. The Morgan fingerprint density at radius 3 is 2.24 bits per heavy atom. The zero-order valence-electron chi connectivity index (χ0n) is 39.5. The number of nitrogens with one attached hydrogen (secondary N) is 4. The Hall–Kier alpha value is -7.33. The van der Waals surface area contributed by atoms with Crippen LogP contribution in [0.1, 0.15) is 68.6 Å². The maximum absolute atomic E-state index is 14.9. The molecule has 71 heavy (non-hydrogen) atoms. The van der Waals surface area contributed by atoms with Gasteiger partial charge in [0.25, 0.3) is 0 Å². The standard InChI is InChI=1S/C49H60N8O13S/c1-3-10-32-22-24-57(44(32)47(64)54-38(27-43(60)61)48(65)55(2)40(45(50)62)25-31-11-5-4-6-12-31)49(66)37(26-33-28-51-36-14-8-7-13-35(33)36)53-41(58)29-52-46(63)39-15-9-23-56(39)42(59)21-18-30-16-19-34(20-17-30)70-71(67,68)69/h4-8,11-14,16-17,19-20,28,32,37-40,44,51H,3,9-10,15,18,21-27,29H2,1-2H3,(H2,50,62)(H,52,63)(H,53,58)(H,54,64)(H,60,61)(H,67,68,69)/t32-,37-,38-,39-,40-,44-/m0/s1. The molecule has 6 atom stereocenters. The predicted molar refractivity (Wildman–Crippen MR) is 257 cm³/mol. The van der Waals surface area contributed by atoms with Gasteiger partial charge < -0.3 is 50.7 Å². The first kappa shape index (κ1) is 53.0. The molecule has 0 radical (unpaired) electrons. The summed E-state index contributed by atoms with van der Waals surface area (Å²) in [7, 11) is -3.40. The van der Waals surface area contributed by atoms with Crippen molar-refractivity contribution < 1.29 is 60.6 Å². The molecule has 22 heteroatoms. The van der Waals surface area contributed by atoms with E-state index in [9.17, 15) is 51.9 Å². The molecule has 2 fully saturated rings. The Morgan fingerprint density at radius 1 is 0.859 bits per heavy atom. The molecule has 0 spiro atoms. The van der Waals surface area contributed by atoms with Gasteiger partial charge in [-0.2, -0.15) is 8.42 Å². The molecule has 3 aromatic carbocycles. The highest BCUT2D eigenvalue weighted by molar-refractivity contribution is 7.81. The number of carbonyl (C=O) groups is 8. The molecule has 0 bridgehead atoms. The Bertz CT molecular complexity index is 2700. The largest absolute Gasteiger partial charge is 0.481 e. The van der Waals surface area contributed by atoms with Crippen LogP contribution in [0.15, 0.2) is 85.1 Å². The van der Waals surface area contributed by atoms with Crippen LogP contribution >= 0.6 is 0 Å². The monoisotopic (exact) mass is 1000 g/mol. The fourth-order valence-corrected chi connectivity index (χ4v) is 9.80. The van der Waals surface area contributed by atoms with E-state index in [-0.39, 0.29) is 43.9 Å². The predicted octanol–water partition coefficient (Wildman–Crippen LogP) is 1.65. The number of aromatic amines is 1. The summed E-state index contributed by atoms with van der Waals surface area (Å²) in [5.74, 6) is -6.68. The second-order valence-corrected chi connectivity index (χ2v) is 18.9. The summed E-state index contributed by atoms with van der Waals surface area (Å²) in [5, 5.41) is 18.6. The van der Waals surface area contributed by atoms with E-state index in [0.29, 0.717) is 55.3 Å². The fraction of sp³-hybridized carbons (Fsp3) is 0.429. The number of likely N-dealkylation sites (N-methyl/N-ethyl adjacent to an activating group) is 1. The number of H-pyrrole nitrogens is 1. The zero-order chi connectivity index (χ0) is 51.4. The van der Waals surface area contributed by atoms with Crippen molar-refractivity contribution in [1.29, 1.82) is 0 Å². The van der Waals surface area contributed by atoms with Crippen LogP contribution in [0.4, 0.5) is 0 Å². The van der Waals surface area contributed by atoms with E-state index >= 15 is 0 Å². The van der Waals surface area contributed by atoms with Crippen LogP contribution < -0.4 is 25.9 Å². The maximum Gasteiger partial charge on any atom is 0.446 e. The van der Waals surface area contributed by atoms with Crippen molar-refractivity contribution >= 4 is 68.6 Å². The lowest BCUT2D eigenvalue weighted by atomic mass is 9.93. The van der Waals surface area contributed by atoms with Crippen molar-refractivity contribution in [3.05, 3.63) is 102 Å². The first-order valence-corrected chi connectivity index (χ1v) is 24.8. The molecular weight excluding hydrogens is 941 g/mol. The number of aliphatic carboxylic acids is 1. The van der Waals surface area contributed by atoms with Crippen molar-refractivity contribution in [2.75, 3.05) is 26.7 Å². The van der Waals surface area contributed by atoms with Gasteiger partial charge in [-0.05, 0) is 72.9 Å². The van der Waals surface area contributed by atoms with Crippen LogP contribution in [0.2, 0.25) is 0 Å². The Kier molecular flexibility index (Phi) is 17.9. The molecule has 2 aliphatic rings. The minimum absolute atomic E-state index is 0.0209. The van der Waals surface area contributed by atoms with Gasteiger partial charge >= 0.3 is 16.4 Å². The Labute approximate surface area is 410 Å². The quantitative estimate of drug-likeness (QED) is 0.0521. The summed E-state index contributed by atoms with van der Waals surface area (Å²) in [5.41, 5.74) is 8.53. The Morgan fingerprint density at radius 2 is 1.56 bits per heavy atom. The van der Waals surface area contributed by atoms with Gasteiger partial charge in [-0.3, -0.25) is 42.9 Å². The molecule has 0 saturated carbocycles. The Balaban J connectivity index is 1.16. The number of fused-ring (bicyclic) bond motifs is 1. The number of rotatable bonds is 23. The molecule has 8 N–H and O–H groups in total. The van der Waals surface area contributed by atoms with E-state index in [1.165, 1.54) is 41.1 Å². The minimum atomic E-state index is -4.70. The number of aryl methyl sites for hydroxylation is 1. The minimum Gasteiger partial charge on any atom is -0.481 e. The van der Waals surface area contributed by atoms with Gasteiger partial charge in [-0.1, -0.05) is 74.0 Å². The highest BCUT2D eigenvalue weighted by Crippen LogP contribution is 2.31. The molecule has 0 unspecified atom stereocenters. The van der Waals surface area contributed by atoms with Crippen LogP contribution in [0, 0.1) is 5.92 Å². The summed E-state index contributed by atoms with van der Waals surface area (Å²) in [6, 6.07) is 15.7. The number of amides is 7. The van der Waals surface area contributed by atoms with Crippen LogP contribution in [-0.2, 0) is 68.0 Å². The molecule has 380 valence electrons. The number of para-hydroxylation sites is 1. The molecule has 1 aromatic heterocycles. The topological polar surface area (TPSA) is 308 Å². The van der Waals surface area contributed by atoms with E-state index in [1.807, 2.05) is 31.2 Å². The lowest BCUT2D eigenvalue weighted by Gasteiger charge is -2.33. The van der Waals surface area contributed by atoms with Gasteiger partial charge in [0.05, 0.1) is 13.0 Å². The number of nitrogens with two attached hydrogens (primary N) is 1. The second kappa shape index (κ2) is 24.0. The normalized spacial score (nSPS) is 18.0. The van der Waals surface area contributed by atoms with E-state index in [1.54, 1.807) is 36.5 Å². The lowest BCUT2D eigenvalue weighted by Crippen LogP contribution is -2.60. The average Bonchev–Trinajstić information content (AvgIpc) is 4.10. The molecule has 2 aliphatic heterocycles. The molecular formula is C49H60N8O13S. The highest BCUT2D eigenvalue weighted by atomic mass is 32.3. The third-order valence-electron chi connectivity index (χ3n) is 12.9. The second-order valence-electron chi connectivity index (χ2n) is 17.8. The number of carboxylic acid groups (broad SMARTS) is 1. The van der Waals surface area contributed by atoms with Gasteiger partial charge in [0.1, 0.15) is 36.0 Å². The summed E-state index contributed by atoms with van der Waals surface area (Å²) in [6.45, 7) is 1.75. The lowest BCUT2D eigenvalue weighted by molar-refractivity contribution is -0.147. The molecule has 0 aliphatic carbocycles. The van der Waals surface area contributed by atoms with Gasteiger partial charge in [-0.25, -0.2) is 0 Å². The third kappa shape index (κ3) is 14.2. The third-order valence-corrected chi connectivity index (χ3v) is 13.3. The SMILES string of the molecule is CCC[C@H]1CCN(C(=O)[C@H](Cc2c[nH]c3ccccc23)NC(=O)CNC(=O)[C@@H]2CCCN2C(=O)CCc2ccc(OS(=O)(=O)O)cc2)[C@@H]1C(=O)N[C@@H](CC(=O)O)C(=O)N(C)[C@@H](Cc1ccccc1)C(N)=O. The van der Waals surface area contributed by atoms with Crippen LogP contribution in [0.3, 0.4) is 0 Å². The first-order valence-electron chi connectivity index (χ1n) is 23.4. The number of nitrogens with zero attached hydrogens (tertiary/aromatic N) is 3. The van der Waals surface area contributed by atoms with E-state index < -0.39 is 101 Å². The number of likely N-dealkylation sites (tertiary alicyclic amines) is 2. The van der Waals surface area contributed by atoms with Gasteiger partial charge in [0.2, 0.25) is 41.4 Å². The van der Waals surface area contributed by atoms with Crippen LogP contribution in [-0.4, -0.2) is 142 Å². The average molecular weight is 1000 g/mol. The number of carbonyl (C=O) groups excluding carboxylic acids is 7. The summed E-state index contributed by atoms with van der Waals surface area (Å²) < 4.78 is 35.3. The number of aromatic nitrogens is 1. The molecule has 2 saturated heterocycles. The fourth-order valence-electron chi connectivity index (χ4n) is 9.45. The highest BCUT2D eigenvalue weighted by Gasteiger charge is 2.45. The van der Waals surface area contributed by atoms with E-state index in [2.05, 4.69) is 25.1 Å². The van der Waals surface area contributed by atoms with Gasteiger partial charge in [0.15, 0.2) is 0 Å². The van der Waals surface area contributed by atoms with Crippen molar-refractivity contribution in [2.45, 2.75) is 101 Å². The summed E-state index contributed by atoms with van der Waals surface area (Å²) in [4.78, 5) is 116. The molecule has 4 aromatic rings. The number of primary amides is 1. The zero-order valence-corrected chi connectivity index (χ0v) is 40.3. The van der Waals surface area contributed by atoms with Crippen LogP contribution in [0.25, 0.3) is 10.9 Å². The number of hydrogen-bond donors (Lipinski definition) is 7. The van der Waals surface area contributed by atoms with Gasteiger partial charge in [0, 0.05) is 56.5 Å². The van der Waals surface area contributed by atoms with Crippen molar-refractivity contribution in [1.82, 2.24) is 35.6 Å².